The molecule has 7 nitrogen and oxygen atoms in total. The molecule has 2 aliphatic carbocycles. The van der Waals surface area contributed by atoms with E-state index in [1.165, 1.54) is 11.0 Å². The van der Waals surface area contributed by atoms with Crippen LogP contribution in [0, 0.1) is 23.7 Å². The number of hydrogen-bond donors (Lipinski definition) is 1. The lowest BCUT2D eigenvalue weighted by Crippen LogP contribution is -2.37. The molecule has 0 radical (unpaired) electrons. The monoisotopic (exact) mass is 368 g/mol. The maximum Gasteiger partial charge on any atom is 0.337 e. The maximum atomic E-state index is 13.0. The molecule has 4 atom stereocenters. The molecule has 4 aliphatic rings. The van der Waals surface area contributed by atoms with Crippen molar-refractivity contribution in [2.24, 2.45) is 23.7 Å². The topological polar surface area (TPSA) is 87.2 Å². The second kappa shape index (κ2) is 5.92. The second-order valence-corrected chi connectivity index (χ2v) is 7.62. The van der Waals surface area contributed by atoms with Crippen molar-refractivity contribution < 1.29 is 24.2 Å². The lowest BCUT2D eigenvalue weighted by atomic mass is 9.85. The predicted octanol–water partition coefficient (Wildman–Crippen LogP) is 1.53. The van der Waals surface area contributed by atoms with Crippen molar-refractivity contribution in [1.29, 1.82) is 0 Å². The van der Waals surface area contributed by atoms with Gasteiger partial charge in [-0.05, 0) is 36.5 Å². The summed E-state index contributed by atoms with van der Waals surface area (Å²) in [6.07, 6.45) is 4.96. The van der Waals surface area contributed by atoms with Crippen LogP contribution in [-0.2, 0) is 14.3 Å². The van der Waals surface area contributed by atoms with E-state index in [1.807, 2.05) is 17.1 Å². The lowest BCUT2D eigenvalue weighted by Gasteiger charge is -2.30. The van der Waals surface area contributed by atoms with Crippen LogP contribution in [0.5, 0.6) is 0 Å². The fraction of sp³-hybridized carbons (Fsp3) is 0.450. The van der Waals surface area contributed by atoms with Crippen LogP contribution in [0.3, 0.4) is 0 Å². The first kappa shape index (κ1) is 16.5. The standard InChI is InChI=1S/C20H20N2O5/c23-18-16-11-1-2-12(9-11)17(16)19(24)22(18)13-3-4-15(14(10-13)20(25)26)21-5-7-27-8-6-21/h1-4,10-12,16-17H,5-9H2,(H,25,26)/t11-,12-,16-,17+/m1/s1. The average Bonchev–Trinajstić information content (AvgIpc) is 3.36. The van der Waals surface area contributed by atoms with Gasteiger partial charge in [-0.2, -0.15) is 0 Å². The molecular formula is C20H20N2O5. The number of carbonyl (C=O) groups excluding carboxylic acids is 2. The van der Waals surface area contributed by atoms with Gasteiger partial charge in [0.2, 0.25) is 11.8 Å². The van der Waals surface area contributed by atoms with E-state index in [1.54, 1.807) is 12.1 Å². The molecule has 1 aromatic rings. The molecule has 2 saturated heterocycles. The van der Waals surface area contributed by atoms with Crippen molar-refractivity contribution in [1.82, 2.24) is 0 Å². The molecule has 140 valence electrons. The van der Waals surface area contributed by atoms with Gasteiger partial charge in [-0.1, -0.05) is 12.2 Å². The van der Waals surface area contributed by atoms with Crippen LogP contribution in [-0.4, -0.2) is 49.2 Å². The van der Waals surface area contributed by atoms with Gasteiger partial charge in [0.15, 0.2) is 0 Å². The fourth-order valence-corrected chi connectivity index (χ4v) is 5.07. The summed E-state index contributed by atoms with van der Waals surface area (Å²) in [5.74, 6) is -1.78. The summed E-state index contributed by atoms with van der Waals surface area (Å²) in [5.41, 5.74) is 1.05. The Labute approximate surface area is 156 Å². The van der Waals surface area contributed by atoms with E-state index in [-0.39, 0.29) is 41.0 Å². The highest BCUT2D eigenvalue weighted by Crippen LogP contribution is 2.53. The molecule has 0 aromatic heterocycles. The van der Waals surface area contributed by atoms with Gasteiger partial charge in [0.1, 0.15) is 0 Å². The number of ether oxygens (including phenoxy) is 1. The number of nitrogens with zero attached hydrogens (tertiary/aromatic N) is 2. The molecule has 2 aliphatic heterocycles. The zero-order valence-electron chi connectivity index (χ0n) is 14.7. The first-order chi connectivity index (χ1) is 13.1. The largest absolute Gasteiger partial charge is 0.478 e. The van der Waals surface area contributed by atoms with E-state index in [4.69, 9.17) is 4.74 Å². The Morgan fingerprint density at radius 1 is 1.04 bits per heavy atom. The van der Waals surface area contributed by atoms with E-state index in [2.05, 4.69) is 0 Å². The number of anilines is 2. The molecule has 2 bridgehead atoms. The normalized spacial score (nSPS) is 31.7. The van der Waals surface area contributed by atoms with Crippen molar-refractivity contribution in [2.75, 3.05) is 36.1 Å². The summed E-state index contributed by atoms with van der Waals surface area (Å²) in [7, 11) is 0. The SMILES string of the molecule is O=C(O)c1cc(N2C(=O)[C@@H]3[C@H](C2=O)[C@@H]2C=C[C@@H]3C2)ccc1N1CCOCC1. The molecule has 1 saturated carbocycles. The molecule has 27 heavy (non-hydrogen) atoms. The van der Waals surface area contributed by atoms with Crippen LogP contribution in [0.15, 0.2) is 30.4 Å². The molecule has 2 heterocycles. The highest BCUT2D eigenvalue weighted by molar-refractivity contribution is 6.23. The number of allylic oxidation sites excluding steroid dienone is 2. The van der Waals surface area contributed by atoms with Gasteiger partial charge in [-0.3, -0.25) is 9.59 Å². The van der Waals surface area contributed by atoms with Gasteiger partial charge in [-0.25, -0.2) is 9.69 Å². The molecule has 5 rings (SSSR count). The second-order valence-electron chi connectivity index (χ2n) is 7.62. The Morgan fingerprint density at radius 3 is 2.26 bits per heavy atom. The number of morpholine rings is 1. The van der Waals surface area contributed by atoms with E-state index >= 15 is 0 Å². The summed E-state index contributed by atoms with van der Waals surface area (Å²) in [4.78, 5) is 40.9. The summed E-state index contributed by atoms with van der Waals surface area (Å²) >= 11 is 0. The van der Waals surface area contributed by atoms with Crippen LogP contribution >= 0.6 is 0 Å². The van der Waals surface area contributed by atoms with Gasteiger partial charge in [0.25, 0.3) is 0 Å². The van der Waals surface area contributed by atoms with Crippen molar-refractivity contribution in [2.45, 2.75) is 6.42 Å². The van der Waals surface area contributed by atoms with Crippen LogP contribution in [0.1, 0.15) is 16.8 Å². The van der Waals surface area contributed by atoms with E-state index < -0.39 is 5.97 Å². The minimum Gasteiger partial charge on any atom is -0.478 e. The number of carboxylic acids is 1. The van der Waals surface area contributed by atoms with Crippen molar-refractivity contribution in [3.05, 3.63) is 35.9 Å². The van der Waals surface area contributed by atoms with Crippen LogP contribution in [0.25, 0.3) is 0 Å². The number of rotatable bonds is 3. The Balaban J connectivity index is 1.51. The molecule has 7 heteroatoms. The maximum absolute atomic E-state index is 13.0. The van der Waals surface area contributed by atoms with Gasteiger partial charge >= 0.3 is 5.97 Å². The third kappa shape index (κ3) is 2.34. The Bertz CT molecular complexity index is 843. The van der Waals surface area contributed by atoms with Crippen molar-refractivity contribution in [3.8, 4) is 0 Å². The Morgan fingerprint density at radius 2 is 1.67 bits per heavy atom. The number of carbonyl (C=O) groups is 3. The molecular weight excluding hydrogens is 348 g/mol. The third-order valence-corrected chi connectivity index (χ3v) is 6.29. The number of imide groups is 1. The average molecular weight is 368 g/mol. The first-order valence-corrected chi connectivity index (χ1v) is 9.32. The van der Waals surface area contributed by atoms with Gasteiger partial charge in [-0.15, -0.1) is 0 Å². The smallest absolute Gasteiger partial charge is 0.337 e. The summed E-state index contributed by atoms with van der Waals surface area (Å²) in [6.45, 7) is 2.31. The van der Waals surface area contributed by atoms with Gasteiger partial charge in [0, 0.05) is 13.1 Å². The number of hydrogen-bond acceptors (Lipinski definition) is 5. The number of fused-ring (bicyclic) bond motifs is 5. The Hall–Kier alpha value is -2.67. The number of aromatic carboxylic acids is 1. The van der Waals surface area contributed by atoms with Gasteiger partial charge < -0.3 is 14.7 Å². The fourth-order valence-electron chi connectivity index (χ4n) is 5.07. The molecule has 1 N–H and O–H groups in total. The zero-order chi connectivity index (χ0) is 18.7. The van der Waals surface area contributed by atoms with Gasteiger partial charge in [0.05, 0.1) is 42.0 Å². The first-order valence-electron chi connectivity index (χ1n) is 9.32. The van der Waals surface area contributed by atoms with E-state index in [0.29, 0.717) is 37.7 Å². The molecule has 0 spiro atoms. The number of carboxylic acid groups (broad SMARTS) is 1. The molecule has 2 amide bonds. The predicted molar refractivity (Wildman–Crippen MR) is 96.6 cm³/mol. The zero-order valence-corrected chi connectivity index (χ0v) is 14.7. The van der Waals surface area contributed by atoms with Crippen molar-refractivity contribution in [3.63, 3.8) is 0 Å². The Kier molecular flexibility index (Phi) is 3.62. The number of amides is 2. The molecule has 3 fully saturated rings. The van der Waals surface area contributed by atoms with E-state index in [9.17, 15) is 19.5 Å². The minimum atomic E-state index is -1.07. The highest BCUT2D eigenvalue weighted by Gasteiger charge is 2.59. The lowest BCUT2D eigenvalue weighted by molar-refractivity contribution is -0.123. The van der Waals surface area contributed by atoms with Crippen molar-refractivity contribution >= 4 is 29.2 Å². The van der Waals surface area contributed by atoms with Crippen LogP contribution < -0.4 is 9.80 Å². The summed E-state index contributed by atoms with van der Waals surface area (Å²) in [6, 6.07) is 4.84. The minimum absolute atomic E-state index is 0.105. The van der Waals surface area contributed by atoms with Crippen LogP contribution in [0.2, 0.25) is 0 Å². The summed E-state index contributed by atoms with van der Waals surface area (Å²) < 4.78 is 5.33. The third-order valence-electron chi connectivity index (χ3n) is 6.29. The molecule has 0 unspecified atom stereocenters. The molecule has 1 aromatic carbocycles. The highest BCUT2D eigenvalue weighted by atomic mass is 16.5. The van der Waals surface area contributed by atoms with E-state index in [0.717, 1.165) is 6.42 Å². The number of benzene rings is 1. The summed E-state index contributed by atoms with van der Waals surface area (Å²) in [5, 5.41) is 9.69. The quantitative estimate of drug-likeness (QED) is 0.643. The van der Waals surface area contributed by atoms with Crippen LogP contribution in [0.4, 0.5) is 11.4 Å².